The number of anilines is 2. The second-order valence-corrected chi connectivity index (χ2v) is 5.32. The number of nitrogens with one attached hydrogen (secondary N) is 1. The van der Waals surface area contributed by atoms with Gasteiger partial charge in [-0.3, -0.25) is 4.98 Å². The summed E-state index contributed by atoms with van der Waals surface area (Å²) >= 11 is 0. The Morgan fingerprint density at radius 1 is 1.00 bits per heavy atom. The molecule has 0 saturated carbocycles. The van der Waals surface area contributed by atoms with Crippen molar-refractivity contribution in [2.75, 3.05) is 17.6 Å². The van der Waals surface area contributed by atoms with Crippen molar-refractivity contribution in [1.29, 1.82) is 0 Å². The van der Waals surface area contributed by atoms with Crippen molar-refractivity contribution in [1.82, 2.24) is 4.98 Å². The molecular weight excluding hydrogens is 246 g/mol. The minimum Gasteiger partial charge on any atom is -0.398 e. The molecule has 3 heteroatoms. The van der Waals surface area contributed by atoms with Gasteiger partial charge in [-0.15, -0.1) is 0 Å². The molecule has 0 fully saturated rings. The molecule has 0 bridgehead atoms. The lowest BCUT2D eigenvalue weighted by Gasteiger charge is -2.11. The quantitative estimate of drug-likeness (QED) is 0.545. The largest absolute Gasteiger partial charge is 0.398 e. The summed E-state index contributed by atoms with van der Waals surface area (Å²) in [6.07, 6.45) is 11.6. The molecule has 0 unspecified atom stereocenters. The summed E-state index contributed by atoms with van der Waals surface area (Å²) in [6.45, 7) is 3.27. The lowest BCUT2D eigenvalue weighted by molar-refractivity contribution is 0.617. The van der Waals surface area contributed by atoms with Crippen LogP contribution in [0.2, 0.25) is 0 Å². The van der Waals surface area contributed by atoms with Gasteiger partial charge in [-0.25, -0.2) is 0 Å². The summed E-state index contributed by atoms with van der Waals surface area (Å²) in [4.78, 5) is 4.20. The Hall–Kier alpha value is -1.77. The molecule has 3 N–H and O–H groups in total. The van der Waals surface area contributed by atoms with Gasteiger partial charge in [-0.1, -0.05) is 39.0 Å². The number of hydrogen-bond acceptors (Lipinski definition) is 3. The van der Waals surface area contributed by atoms with Crippen LogP contribution in [0.3, 0.4) is 0 Å². The third kappa shape index (κ3) is 3.86. The van der Waals surface area contributed by atoms with Crippen LogP contribution in [0.5, 0.6) is 0 Å². The molecule has 0 aliphatic rings. The second-order valence-electron chi connectivity index (χ2n) is 5.32. The third-order valence-corrected chi connectivity index (χ3v) is 3.70. The third-order valence-electron chi connectivity index (χ3n) is 3.70. The van der Waals surface area contributed by atoms with Gasteiger partial charge in [-0.2, -0.15) is 0 Å². The number of fused-ring (bicyclic) bond motifs is 1. The number of rotatable bonds is 8. The summed E-state index contributed by atoms with van der Waals surface area (Å²) in [7, 11) is 0. The number of hydrogen-bond donors (Lipinski definition) is 2. The van der Waals surface area contributed by atoms with Gasteiger partial charge < -0.3 is 11.1 Å². The highest BCUT2D eigenvalue weighted by Gasteiger charge is 2.03. The molecule has 0 aliphatic carbocycles. The molecule has 2 rings (SSSR count). The zero-order valence-electron chi connectivity index (χ0n) is 12.4. The molecule has 0 amide bonds. The zero-order chi connectivity index (χ0) is 14.2. The monoisotopic (exact) mass is 271 g/mol. The first-order valence-electron chi connectivity index (χ1n) is 7.69. The maximum absolute atomic E-state index is 5.99. The number of nitrogens with zero attached hydrogens (tertiary/aromatic N) is 1. The molecule has 0 saturated heterocycles. The highest BCUT2D eigenvalue weighted by atomic mass is 14.9. The molecule has 1 heterocycles. The molecular formula is C17H25N3. The van der Waals surface area contributed by atoms with Crippen LogP contribution in [0.25, 0.3) is 10.8 Å². The normalized spacial score (nSPS) is 10.8. The van der Waals surface area contributed by atoms with Gasteiger partial charge >= 0.3 is 0 Å². The summed E-state index contributed by atoms with van der Waals surface area (Å²) in [5.41, 5.74) is 7.94. The van der Waals surface area contributed by atoms with Gasteiger partial charge in [0.1, 0.15) is 0 Å². The number of unbranched alkanes of at least 4 members (excludes halogenated alkanes) is 5. The molecule has 0 radical (unpaired) electrons. The van der Waals surface area contributed by atoms with Gasteiger partial charge in [0.25, 0.3) is 0 Å². The summed E-state index contributed by atoms with van der Waals surface area (Å²) < 4.78 is 0. The highest BCUT2D eigenvalue weighted by Crippen LogP contribution is 2.27. The van der Waals surface area contributed by atoms with Crippen LogP contribution in [-0.4, -0.2) is 11.5 Å². The summed E-state index contributed by atoms with van der Waals surface area (Å²) in [5.74, 6) is 0. The smallest absolute Gasteiger partial charge is 0.0437 e. The molecule has 0 atom stereocenters. The fourth-order valence-corrected chi connectivity index (χ4v) is 2.50. The molecule has 1 aromatic carbocycles. The van der Waals surface area contributed by atoms with Crippen molar-refractivity contribution >= 4 is 22.1 Å². The molecule has 20 heavy (non-hydrogen) atoms. The van der Waals surface area contributed by atoms with Gasteiger partial charge in [0.15, 0.2) is 0 Å². The number of nitrogens with two attached hydrogens (primary N) is 1. The van der Waals surface area contributed by atoms with E-state index in [9.17, 15) is 0 Å². The average molecular weight is 271 g/mol. The Bertz CT molecular complexity index is 537. The maximum atomic E-state index is 5.99. The zero-order valence-corrected chi connectivity index (χ0v) is 12.4. The van der Waals surface area contributed by atoms with Crippen molar-refractivity contribution < 1.29 is 0 Å². The van der Waals surface area contributed by atoms with Crippen LogP contribution in [0, 0.1) is 0 Å². The lowest BCUT2D eigenvalue weighted by atomic mass is 10.1. The van der Waals surface area contributed by atoms with Crippen LogP contribution < -0.4 is 11.1 Å². The molecule has 2 aromatic rings. The van der Waals surface area contributed by atoms with Crippen molar-refractivity contribution in [3.63, 3.8) is 0 Å². The molecule has 0 spiro atoms. The summed E-state index contributed by atoms with van der Waals surface area (Å²) in [5, 5.41) is 5.70. The molecule has 1 aromatic heterocycles. The van der Waals surface area contributed by atoms with Crippen LogP contribution in [0.15, 0.2) is 30.6 Å². The first kappa shape index (κ1) is 14.6. The van der Waals surface area contributed by atoms with Gasteiger partial charge in [0.05, 0.1) is 0 Å². The predicted octanol–water partition coefficient (Wildman–Crippen LogP) is 4.59. The molecule has 3 nitrogen and oxygen atoms in total. The van der Waals surface area contributed by atoms with Crippen molar-refractivity contribution in [3.8, 4) is 0 Å². The molecule has 108 valence electrons. The van der Waals surface area contributed by atoms with Gasteiger partial charge in [0.2, 0.25) is 0 Å². The first-order chi connectivity index (χ1) is 9.83. The Morgan fingerprint density at radius 2 is 1.80 bits per heavy atom. The van der Waals surface area contributed by atoms with E-state index in [0.29, 0.717) is 0 Å². The van der Waals surface area contributed by atoms with Crippen LogP contribution in [-0.2, 0) is 0 Å². The van der Waals surface area contributed by atoms with Crippen molar-refractivity contribution in [2.45, 2.75) is 45.4 Å². The number of nitrogen functional groups attached to an aromatic ring is 1. The number of benzene rings is 1. The fraction of sp³-hybridized carbons (Fsp3) is 0.471. The van der Waals surface area contributed by atoms with Crippen molar-refractivity contribution in [3.05, 3.63) is 30.6 Å². The lowest BCUT2D eigenvalue weighted by Crippen LogP contribution is -2.02. The molecule has 0 aliphatic heterocycles. The van der Waals surface area contributed by atoms with Crippen molar-refractivity contribution in [2.24, 2.45) is 0 Å². The summed E-state index contributed by atoms with van der Waals surface area (Å²) in [6, 6.07) is 5.99. The Balaban J connectivity index is 1.86. The second kappa shape index (κ2) is 7.73. The van der Waals surface area contributed by atoms with Gasteiger partial charge in [0, 0.05) is 41.1 Å². The number of aromatic nitrogens is 1. The SMILES string of the molecule is CCCCCCCCNc1ccc(N)c2ccncc12. The van der Waals surface area contributed by atoms with Gasteiger partial charge in [-0.05, 0) is 24.6 Å². The van der Waals surface area contributed by atoms with E-state index < -0.39 is 0 Å². The predicted molar refractivity (Wildman–Crippen MR) is 88.0 cm³/mol. The van der Waals surface area contributed by atoms with E-state index in [2.05, 4.69) is 23.3 Å². The van der Waals surface area contributed by atoms with E-state index in [4.69, 9.17) is 5.73 Å². The Kier molecular flexibility index (Phi) is 5.66. The minimum atomic E-state index is 0.813. The van der Waals surface area contributed by atoms with Crippen LogP contribution >= 0.6 is 0 Å². The average Bonchev–Trinajstić information content (AvgIpc) is 2.49. The highest BCUT2D eigenvalue weighted by molar-refractivity contribution is 6.00. The standard InChI is InChI=1S/C17H25N3/c1-2-3-4-5-6-7-11-20-17-9-8-16(18)14-10-12-19-13-15(14)17/h8-10,12-13,20H,2-7,11,18H2,1H3. The van der Waals surface area contributed by atoms with Crippen LogP contribution in [0.1, 0.15) is 45.4 Å². The minimum absolute atomic E-state index is 0.813. The Labute approximate surface area is 121 Å². The maximum Gasteiger partial charge on any atom is 0.0437 e. The van der Waals surface area contributed by atoms with E-state index in [0.717, 1.165) is 28.7 Å². The van der Waals surface area contributed by atoms with E-state index in [-0.39, 0.29) is 0 Å². The van der Waals surface area contributed by atoms with E-state index >= 15 is 0 Å². The topological polar surface area (TPSA) is 50.9 Å². The number of pyridine rings is 1. The van der Waals surface area contributed by atoms with E-state index in [1.807, 2.05) is 18.3 Å². The van der Waals surface area contributed by atoms with Crippen LogP contribution in [0.4, 0.5) is 11.4 Å². The van der Waals surface area contributed by atoms with E-state index in [1.165, 1.54) is 38.5 Å². The Morgan fingerprint density at radius 3 is 2.65 bits per heavy atom. The first-order valence-corrected chi connectivity index (χ1v) is 7.69. The fourth-order valence-electron chi connectivity index (χ4n) is 2.50. The van der Waals surface area contributed by atoms with E-state index in [1.54, 1.807) is 6.20 Å².